The van der Waals surface area contributed by atoms with Crippen molar-refractivity contribution in [3.63, 3.8) is 0 Å². The van der Waals surface area contributed by atoms with E-state index in [9.17, 15) is 18.3 Å². The Kier molecular flexibility index (Phi) is 6.20. The van der Waals surface area contributed by atoms with Crippen LogP contribution < -0.4 is 0 Å². The highest BCUT2D eigenvalue weighted by atomic mass is 79.9. The number of carbonyl (C=O) groups excluding carboxylic acids is 1. The highest BCUT2D eigenvalue weighted by Crippen LogP contribution is 2.31. The summed E-state index contributed by atoms with van der Waals surface area (Å²) in [6.45, 7) is 3.25. The van der Waals surface area contributed by atoms with Crippen LogP contribution in [0.4, 0.5) is 0 Å². The summed E-state index contributed by atoms with van der Waals surface area (Å²) < 4.78 is 24.6. The minimum absolute atomic E-state index is 0.0216. The molecule has 0 bridgehead atoms. The number of hydrogen-bond acceptors (Lipinski definition) is 4. The average molecular weight is 363 g/mol. The molecule has 0 amide bonds. The van der Waals surface area contributed by atoms with Crippen molar-refractivity contribution in [3.05, 3.63) is 23.3 Å². The van der Waals surface area contributed by atoms with Crippen LogP contribution in [-0.2, 0) is 16.3 Å². The fourth-order valence-electron chi connectivity index (χ4n) is 2.04. The summed E-state index contributed by atoms with van der Waals surface area (Å²) >= 11 is 3.21. The molecule has 4 nitrogen and oxygen atoms in total. The molecule has 1 rings (SSSR count). The predicted molar refractivity (Wildman–Crippen MR) is 82.6 cm³/mol. The number of phenolic OH excluding ortho intramolecular Hbond substituents is 1. The van der Waals surface area contributed by atoms with E-state index in [-0.39, 0.29) is 27.7 Å². The number of hydrogen-bond donors (Lipinski definition) is 1. The van der Waals surface area contributed by atoms with Crippen LogP contribution in [0.5, 0.6) is 5.75 Å². The summed E-state index contributed by atoms with van der Waals surface area (Å²) in [7, 11) is -3.44. The normalized spacial score (nSPS) is 11.6. The summed E-state index contributed by atoms with van der Waals surface area (Å²) in [5.41, 5.74) is 0.530. The molecule has 0 unspecified atom stereocenters. The predicted octanol–water partition coefficient (Wildman–Crippen LogP) is 3.11. The average Bonchev–Trinajstić information content (AvgIpc) is 2.38. The van der Waals surface area contributed by atoms with Gasteiger partial charge in [-0.2, -0.15) is 0 Å². The SMILES string of the molecule is CCCc1c(S(=O)(=O)CCCBr)ccc(C(C)=O)c1O. The largest absolute Gasteiger partial charge is 0.507 e. The molecule has 0 aliphatic carbocycles. The molecule has 0 aliphatic rings. The van der Waals surface area contributed by atoms with E-state index >= 15 is 0 Å². The van der Waals surface area contributed by atoms with Gasteiger partial charge in [0.15, 0.2) is 15.6 Å². The zero-order valence-corrected chi connectivity index (χ0v) is 14.1. The first kappa shape index (κ1) is 17.2. The highest BCUT2D eigenvalue weighted by Gasteiger charge is 2.23. The third-order valence-electron chi connectivity index (χ3n) is 3.00. The van der Waals surface area contributed by atoms with Crippen molar-refractivity contribution in [2.24, 2.45) is 0 Å². The molecule has 1 aromatic carbocycles. The molecular weight excluding hydrogens is 344 g/mol. The van der Waals surface area contributed by atoms with Crippen molar-refractivity contribution in [1.29, 1.82) is 0 Å². The summed E-state index contributed by atoms with van der Waals surface area (Å²) in [6, 6.07) is 2.82. The Bertz CT molecular complexity index is 593. The van der Waals surface area contributed by atoms with Crippen LogP contribution >= 0.6 is 15.9 Å². The van der Waals surface area contributed by atoms with E-state index < -0.39 is 9.84 Å². The fraction of sp³-hybridized carbons (Fsp3) is 0.500. The van der Waals surface area contributed by atoms with Crippen molar-refractivity contribution in [2.75, 3.05) is 11.1 Å². The van der Waals surface area contributed by atoms with Gasteiger partial charge in [-0.1, -0.05) is 29.3 Å². The first-order chi connectivity index (χ1) is 9.35. The molecule has 0 fully saturated rings. The standard InChI is InChI=1S/C14H19BrO4S/c1-3-5-12-13(20(18,19)9-4-8-15)7-6-11(10(2)16)14(12)17/h6-7,17H,3-5,8-9H2,1-2H3. The molecular formula is C14H19BrO4S. The number of carbonyl (C=O) groups is 1. The quantitative estimate of drug-likeness (QED) is 0.597. The lowest BCUT2D eigenvalue weighted by Gasteiger charge is -2.13. The van der Waals surface area contributed by atoms with Crippen molar-refractivity contribution in [1.82, 2.24) is 0 Å². The number of rotatable bonds is 7. The van der Waals surface area contributed by atoms with Gasteiger partial charge in [-0.25, -0.2) is 8.42 Å². The van der Waals surface area contributed by atoms with E-state index in [1.807, 2.05) is 6.92 Å². The smallest absolute Gasteiger partial charge is 0.178 e. The number of halogens is 1. The van der Waals surface area contributed by atoms with E-state index in [0.29, 0.717) is 30.2 Å². The number of sulfone groups is 1. The topological polar surface area (TPSA) is 71.4 Å². The van der Waals surface area contributed by atoms with Gasteiger partial charge >= 0.3 is 0 Å². The molecule has 0 aromatic heterocycles. The third-order valence-corrected chi connectivity index (χ3v) is 5.44. The van der Waals surface area contributed by atoms with Gasteiger partial charge in [0.25, 0.3) is 0 Å². The Balaban J connectivity index is 3.40. The van der Waals surface area contributed by atoms with E-state index in [1.165, 1.54) is 19.1 Å². The summed E-state index contributed by atoms with van der Waals surface area (Å²) in [5.74, 6) is -0.447. The van der Waals surface area contributed by atoms with Gasteiger partial charge in [-0.3, -0.25) is 4.79 Å². The second-order valence-electron chi connectivity index (χ2n) is 4.61. The molecule has 0 saturated heterocycles. The second kappa shape index (κ2) is 7.22. The lowest BCUT2D eigenvalue weighted by molar-refractivity contribution is 0.101. The zero-order chi connectivity index (χ0) is 15.3. The molecule has 0 aliphatic heterocycles. The Labute approximate surface area is 128 Å². The van der Waals surface area contributed by atoms with Gasteiger partial charge in [0.1, 0.15) is 5.75 Å². The second-order valence-corrected chi connectivity index (χ2v) is 7.48. The molecule has 0 spiro atoms. The molecule has 1 N–H and O–H groups in total. The Morgan fingerprint density at radius 2 is 2.00 bits per heavy atom. The number of alkyl halides is 1. The van der Waals surface area contributed by atoms with E-state index in [4.69, 9.17) is 0 Å². The van der Waals surface area contributed by atoms with Crippen molar-refractivity contribution in [3.8, 4) is 5.75 Å². The molecule has 0 heterocycles. The van der Waals surface area contributed by atoms with Crippen LogP contribution in [-0.4, -0.2) is 30.4 Å². The minimum Gasteiger partial charge on any atom is -0.507 e. The summed E-state index contributed by atoms with van der Waals surface area (Å²) in [5, 5.41) is 10.8. The van der Waals surface area contributed by atoms with Crippen molar-refractivity contribution < 1.29 is 18.3 Å². The highest BCUT2D eigenvalue weighted by molar-refractivity contribution is 9.09. The van der Waals surface area contributed by atoms with Gasteiger partial charge in [0.2, 0.25) is 0 Å². The summed E-state index contributed by atoms with van der Waals surface area (Å²) in [4.78, 5) is 11.6. The number of Topliss-reactive ketones (excluding diaryl/α,β-unsaturated/α-hetero) is 1. The molecule has 112 valence electrons. The van der Waals surface area contributed by atoms with Crippen LogP contribution in [0.2, 0.25) is 0 Å². The van der Waals surface area contributed by atoms with Crippen LogP contribution in [0.1, 0.15) is 42.6 Å². The third kappa shape index (κ3) is 3.82. The van der Waals surface area contributed by atoms with Gasteiger partial charge in [0.05, 0.1) is 16.2 Å². The van der Waals surface area contributed by atoms with E-state index in [0.717, 1.165) is 0 Å². The van der Waals surface area contributed by atoms with Crippen molar-refractivity contribution >= 4 is 31.6 Å². The Morgan fingerprint density at radius 1 is 1.35 bits per heavy atom. The van der Waals surface area contributed by atoms with Crippen LogP contribution in [0.3, 0.4) is 0 Å². The molecule has 1 aromatic rings. The maximum absolute atomic E-state index is 12.3. The molecule has 0 saturated carbocycles. The maximum Gasteiger partial charge on any atom is 0.178 e. The number of ketones is 1. The Hall–Kier alpha value is -0.880. The molecule has 0 radical (unpaired) electrons. The van der Waals surface area contributed by atoms with Gasteiger partial charge in [-0.15, -0.1) is 0 Å². The number of benzene rings is 1. The van der Waals surface area contributed by atoms with Crippen LogP contribution in [0, 0.1) is 0 Å². The van der Waals surface area contributed by atoms with Crippen LogP contribution in [0.25, 0.3) is 0 Å². The maximum atomic E-state index is 12.3. The molecule has 0 atom stereocenters. The zero-order valence-electron chi connectivity index (χ0n) is 11.6. The first-order valence-corrected chi connectivity index (χ1v) is 9.27. The van der Waals surface area contributed by atoms with E-state index in [1.54, 1.807) is 0 Å². The number of phenols is 1. The lowest BCUT2D eigenvalue weighted by Crippen LogP contribution is -2.11. The minimum atomic E-state index is -3.44. The fourth-order valence-corrected chi connectivity index (χ4v) is 4.28. The lowest BCUT2D eigenvalue weighted by atomic mass is 10.0. The van der Waals surface area contributed by atoms with Crippen molar-refractivity contribution in [2.45, 2.75) is 38.0 Å². The van der Waals surface area contributed by atoms with Gasteiger partial charge in [0, 0.05) is 10.9 Å². The van der Waals surface area contributed by atoms with Crippen LogP contribution in [0.15, 0.2) is 17.0 Å². The van der Waals surface area contributed by atoms with Gasteiger partial charge < -0.3 is 5.11 Å². The Morgan fingerprint density at radius 3 is 2.50 bits per heavy atom. The van der Waals surface area contributed by atoms with Gasteiger partial charge in [-0.05, 0) is 31.9 Å². The molecule has 6 heteroatoms. The monoisotopic (exact) mass is 362 g/mol. The summed E-state index contributed by atoms with van der Waals surface area (Å²) in [6.07, 6.45) is 1.62. The van der Waals surface area contributed by atoms with E-state index in [2.05, 4.69) is 15.9 Å². The number of aromatic hydroxyl groups is 1. The first-order valence-electron chi connectivity index (χ1n) is 6.49. The molecule has 20 heavy (non-hydrogen) atoms.